The number of carbonyl (C=O) groups excluding carboxylic acids is 2. The molecule has 0 aliphatic rings. The lowest BCUT2D eigenvalue weighted by Gasteiger charge is -2.23. The molecule has 0 saturated carbocycles. The molecule has 0 aromatic rings. The van der Waals surface area contributed by atoms with Crippen molar-refractivity contribution in [3.8, 4) is 0 Å². The maximum absolute atomic E-state index is 10.7. The maximum Gasteiger partial charge on any atom is 0.320 e. The summed E-state index contributed by atoms with van der Waals surface area (Å²) in [7, 11) is 0. The van der Waals surface area contributed by atoms with Gasteiger partial charge < -0.3 is 15.2 Å². The Morgan fingerprint density at radius 3 is 1.73 bits per heavy atom. The summed E-state index contributed by atoms with van der Waals surface area (Å²) in [5.74, 6) is -1.62. The lowest BCUT2D eigenvalue weighted by molar-refractivity contribution is -0.146. The zero-order valence-electron chi connectivity index (χ0n) is 8.29. The summed E-state index contributed by atoms with van der Waals surface area (Å²) in [5, 5.41) is 0. The van der Waals surface area contributed by atoms with Gasteiger partial charge in [0.15, 0.2) is 0 Å². The Hall–Kier alpha value is -0.520. The first-order valence-corrected chi connectivity index (χ1v) is 5.20. The van der Waals surface area contributed by atoms with Gasteiger partial charge in [-0.15, -0.1) is 23.2 Å². The van der Waals surface area contributed by atoms with Crippen molar-refractivity contribution in [2.75, 3.05) is 25.0 Å². The van der Waals surface area contributed by atoms with Gasteiger partial charge in [-0.05, 0) is 6.92 Å². The number of rotatable bonds is 6. The minimum Gasteiger partial charge on any atom is -0.463 e. The highest BCUT2D eigenvalue weighted by molar-refractivity contribution is 6.26. The normalized spacial score (nSPS) is 10.9. The molecule has 15 heavy (non-hydrogen) atoms. The standard InChI is InChI=1S/C8H13Cl2NO4/c1-8(11,4-14-6(12)2-9)5-15-7(13)3-10/h2-5,11H2,1H3. The van der Waals surface area contributed by atoms with Crippen LogP contribution in [-0.2, 0) is 19.1 Å². The van der Waals surface area contributed by atoms with Crippen LogP contribution < -0.4 is 5.73 Å². The van der Waals surface area contributed by atoms with E-state index in [1.165, 1.54) is 0 Å². The number of ether oxygens (including phenoxy) is 2. The highest BCUT2D eigenvalue weighted by Gasteiger charge is 2.22. The number of nitrogens with two attached hydrogens (primary N) is 1. The Labute approximate surface area is 97.8 Å². The molecular formula is C8H13Cl2NO4. The molecule has 0 unspecified atom stereocenters. The summed E-state index contributed by atoms with van der Waals surface area (Å²) in [5.41, 5.74) is 4.74. The molecule has 0 aliphatic carbocycles. The summed E-state index contributed by atoms with van der Waals surface area (Å²) in [6.45, 7) is 1.43. The van der Waals surface area contributed by atoms with Gasteiger partial charge in [0.1, 0.15) is 25.0 Å². The van der Waals surface area contributed by atoms with Crippen LogP contribution in [0.25, 0.3) is 0 Å². The van der Waals surface area contributed by atoms with E-state index < -0.39 is 17.5 Å². The van der Waals surface area contributed by atoms with Crippen LogP contribution in [0.5, 0.6) is 0 Å². The fraction of sp³-hybridized carbons (Fsp3) is 0.750. The van der Waals surface area contributed by atoms with Gasteiger partial charge in [-0.1, -0.05) is 0 Å². The molecule has 0 saturated heterocycles. The van der Waals surface area contributed by atoms with E-state index in [2.05, 4.69) is 0 Å². The molecule has 88 valence electrons. The number of hydrogen-bond donors (Lipinski definition) is 1. The van der Waals surface area contributed by atoms with Gasteiger partial charge in [-0.3, -0.25) is 9.59 Å². The van der Waals surface area contributed by atoms with Crippen molar-refractivity contribution in [2.24, 2.45) is 5.73 Å². The Morgan fingerprint density at radius 2 is 1.47 bits per heavy atom. The highest BCUT2D eigenvalue weighted by Crippen LogP contribution is 2.02. The zero-order valence-corrected chi connectivity index (χ0v) is 9.81. The van der Waals surface area contributed by atoms with Crippen LogP contribution in [0.3, 0.4) is 0 Å². The first kappa shape index (κ1) is 14.5. The van der Waals surface area contributed by atoms with Gasteiger partial charge in [0.05, 0.1) is 5.54 Å². The van der Waals surface area contributed by atoms with E-state index in [0.29, 0.717) is 0 Å². The zero-order chi connectivity index (χ0) is 11.9. The second kappa shape index (κ2) is 6.87. The van der Waals surface area contributed by atoms with Crippen molar-refractivity contribution in [1.82, 2.24) is 0 Å². The van der Waals surface area contributed by atoms with Gasteiger partial charge in [-0.2, -0.15) is 0 Å². The van der Waals surface area contributed by atoms with Crippen LogP contribution in [0.15, 0.2) is 0 Å². The summed E-state index contributed by atoms with van der Waals surface area (Å²) < 4.78 is 9.40. The van der Waals surface area contributed by atoms with Gasteiger partial charge in [0.2, 0.25) is 0 Å². The predicted molar refractivity (Wildman–Crippen MR) is 56.0 cm³/mol. The van der Waals surface area contributed by atoms with E-state index in [-0.39, 0.29) is 25.0 Å². The smallest absolute Gasteiger partial charge is 0.320 e. The van der Waals surface area contributed by atoms with Gasteiger partial charge in [-0.25, -0.2) is 0 Å². The fourth-order valence-corrected chi connectivity index (χ4v) is 0.764. The molecule has 0 aromatic carbocycles. The van der Waals surface area contributed by atoms with Crippen LogP contribution in [-0.4, -0.2) is 42.5 Å². The Bertz CT molecular complexity index is 211. The molecule has 0 aliphatic heterocycles. The summed E-state index contributed by atoms with van der Waals surface area (Å²) >= 11 is 10.4. The van der Waals surface area contributed by atoms with E-state index in [0.717, 1.165) is 0 Å². The van der Waals surface area contributed by atoms with Crippen molar-refractivity contribution < 1.29 is 19.1 Å². The molecule has 5 nitrogen and oxygen atoms in total. The van der Waals surface area contributed by atoms with E-state index in [4.69, 9.17) is 38.4 Å². The highest BCUT2D eigenvalue weighted by atomic mass is 35.5. The molecule has 0 amide bonds. The summed E-state index contributed by atoms with van der Waals surface area (Å²) in [6.07, 6.45) is 0. The monoisotopic (exact) mass is 257 g/mol. The minimum absolute atomic E-state index is 0.0753. The third-order valence-electron chi connectivity index (χ3n) is 1.34. The third-order valence-corrected chi connectivity index (χ3v) is 1.78. The molecule has 0 aromatic heterocycles. The van der Waals surface area contributed by atoms with Crippen LogP contribution in [0.1, 0.15) is 6.92 Å². The average Bonchev–Trinajstić information content (AvgIpc) is 2.22. The minimum atomic E-state index is -0.941. The van der Waals surface area contributed by atoms with E-state index in [1.807, 2.05) is 0 Å². The van der Waals surface area contributed by atoms with Gasteiger partial charge in [0, 0.05) is 0 Å². The fourth-order valence-electron chi connectivity index (χ4n) is 0.610. The topological polar surface area (TPSA) is 78.6 Å². The quantitative estimate of drug-likeness (QED) is 0.546. The summed E-state index contributed by atoms with van der Waals surface area (Å²) in [4.78, 5) is 21.4. The molecule has 0 fully saturated rings. The van der Waals surface area contributed by atoms with Gasteiger partial charge >= 0.3 is 11.9 Å². The van der Waals surface area contributed by atoms with Gasteiger partial charge in [0.25, 0.3) is 0 Å². The molecule has 0 spiro atoms. The number of hydrogen-bond acceptors (Lipinski definition) is 5. The maximum atomic E-state index is 10.7. The first-order valence-electron chi connectivity index (χ1n) is 4.13. The molecule has 2 N–H and O–H groups in total. The number of carbonyl (C=O) groups is 2. The van der Waals surface area contributed by atoms with Crippen molar-refractivity contribution in [3.05, 3.63) is 0 Å². The Morgan fingerprint density at radius 1 is 1.13 bits per heavy atom. The molecule has 0 radical (unpaired) electrons. The predicted octanol–water partition coefficient (Wildman–Crippen LogP) is 0.268. The Balaban J connectivity index is 3.86. The van der Waals surface area contributed by atoms with Crippen molar-refractivity contribution in [2.45, 2.75) is 12.5 Å². The van der Waals surface area contributed by atoms with E-state index in [9.17, 15) is 9.59 Å². The molecular weight excluding hydrogens is 245 g/mol. The second-order valence-corrected chi connectivity index (χ2v) is 3.78. The van der Waals surface area contributed by atoms with Crippen LogP contribution in [0, 0.1) is 0 Å². The van der Waals surface area contributed by atoms with Crippen molar-refractivity contribution in [3.63, 3.8) is 0 Å². The van der Waals surface area contributed by atoms with Crippen molar-refractivity contribution >= 4 is 35.1 Å². The van der Waals surface area contributed by atoms with Crippen LogP contribution in [0.4, 0.5) is 0 Å². The van der Waals surface area contributed by atoms with E-state index in [1.54, 1.807) is 6.92 Å². The third kappa shape index (κ3) is 7.41. The van der Waals surface area contributed by atoms with Crippen molar-refractivity contribution in [1.29, 1.82) is 0 Å². The lowest BCUT2D eigenvalue weighted by atomic mass is 10.1. The lowest BCUT2D eigenvalue weighted by Crippen LogP contribution is -2.47. The largest absolute Gasteiger partial charge is 0.463 e. The molecule has 7 heteroatoms. The number of esters is 2. The molecule has 0 bridgehead atoms. The summed E-state index contributed by atoms with van der Waals surface area (Å²) in [6, 6.07) is 0. The van der Waals surface area contributed by atoms with E-state index >= 15 is 0 Å². The number of alkyl halides is 2. The van der Waals surface area contributed by atoms with Crippen LogP contribution >= 0.6 is 23.2 Å². The molecule has 0 rings (SSSR count). The first-order chi connectivity index (χ1) is 6.91. The molecule has 0 heterocycles. The SMILES string of the molecule is CC(N)(COC(=O)CCl)COC(=O)CCl. The number of halogens is 2. The second-order valence-electron chi connectivity index (χ2n) is 3.24. The molecule has 0 atom stereocenters. The van der Waals surface area contributed by atoms with Crippen LogP contribution in [0.2, 0.25) is 0 Å². The Kier molecular flexibility index (Phi) is 6.63. The average molecular weight is 258 g/mol.